The van der Waals surface area contributed by atoms with E-state index in [1.165, 1.54) is 19.3 Å². The van der Waals surface area contributed by atoms with Crippen LogP contribution in [0.1, 0.15) is 93.9 Å². The van der Waals surface area contributed by atoms with Crippen molar-refractivity contribution in [3.63, 3.8) is 0 Å². The van der Waals surface area contributed by atoms with E-state index in [-0.39, 0.29) is 18.4 Å². The number of hydrogen-bond acceptors (Lipinski definition) is 3. The fourth-order valence-electron chi connectivity index (χ4n) is 4.69. The summed E-state index contributed by atoms with van der Waals surface area (Å²) in [5.41, 5.74) is 1.00. The molecule has 0 aromatic carbocycles. The van der Waals surface area contributed by atoms with Gasteiger partial charge in [-0.15, -0.1) is 0 Å². The molecule has 0 aliphatic heterocycles. The van der Waals surface area contributed by atoms with Gasteiger partial charge in [0.05, 0.1) is 0 Å². The summed E-state index contributed by atoms with van der Waals surface area (Å²) in [5, 5.41) is 18.8. The lowest BCUT2D eigenvalue weighted by atomic mass is 9.84. The Morgan fingerprint density at radius 3 is 1.81 bits per heavy atom. The average molecular weight is 451 g/mol. The minimum atomic E-state index is -1.15. The van der Waals surface area contributed by atoms with Gasteiger partial charge in [-0.25, -0.2) is 4.79 Å². The number of carboxylic acids is 2. The number of carboxylic acid groups (broad SMARTS) is 2. The van der Waals surface area contributed by atoms with Gasteiger partial charge in [0, 0.05) is 11.5 Å². The molecule has 5 unspecified atom stereocenters. The van der Waals surface area contributed by atoms with Gasteiger partial charge in [-0.3, -0.25) is 9.59 Å². The molecule has 0 aromatic heterocycles. The van der Waals surface area contributed by atoms with E-state index in [0.717, 1.165) is 17.9 Å². The van der Waals surface area contributed by atoms with Crippen molar-refractivity contribution >= 4 is 17.7 Å². The normalized spacial score (nSPS) is 18.4. The highest BCUT2D eigenvalue weighted by Crippen LogP contribution is 2.26. The van der Waals surface area contributed by atoms with Crippen LogP contribution in [0.15, 0.2) is 23.3 Å². The standard InChI is InChI=1S/C27H46O5/c1-9-17(3)11-18(4)12-19(5)13-20(6)14-21(7)15-23(26(29)30)16-22(8)25(28)24(10-2)27(31)32/h14-15,17-20,22,24H,9-13,16H2,1-8H3,(H,29,30)(H,31,32)/t17?,18?,19?,20?,22?,24-/m1/s1. The molecule has 0 spiro atoms. The second kappa shape index (κ2) is 15.0. The average Bonchev–Trinajstić information content (AvgIpc) is 2.66. The van der Waals surface area contributed by atoms with Crippen LogP contribution in [0.25, 0.3) is 0 Å². The van der Waals surface area contributed by atoms with Gasteiger partial charge in [-0.2, -0.15) is 0 Å². The van der Waals surface area contributed by atoms with Crippen LogP contribution < -0.4 is 0 Å². The lowest BCUT2D eigenvalue weighted by molar-refractivity contribution is -0.147. The minimum Gasteiger partial charge on any atom is -0.481 e. The summed E-state index contributed by atoms with van der Waals surface area (Å²) >= 11 is 0. The van der Waals surface area contributed by atoms with Gasteiger partial charge in [0.1, 0.15) is 11.7 Å². The molecule has 32 heavy (non-hydrogen) atoms. The summed E-state index contributed by atoms with van der Waals surface area (Å²) in [5.74, 6) is -2.00. The summed E-state index contributed by atoms with van der Waals surface area (Å²) in [6, 6.07) is 0. The maximum atomic E-state index is 12.4. The topological polar surface area (TPSA) is 91.7 Å². The number of allylic oxidation sites excluding steroid dienone is 3. The number of rotatable bonds is 16. The second-order valence-electron chi connectivity index (χ2n) is 10.1. The Balaban J connectivity index is 5.10. The highest BCUT2D eigenvalue weighted by molar-refractivity contribution is 6.00. The smallest absolute Gasteiger partial charge is 0.331 e. The first-order chi connectivity index (χ1) is 14.8. The van der Waals surface area contributed by atoms with Crippen molar-refractivity contribution in [3.8, 4) is 0 Å². The monoisotopic (exact) mass is 450 g/mol. The maximum absolute atomic E-state index is 12.4. The zero-order chi connectivity index (χ0) is 25.0. The zero-order valence-electron chi connectivity index (χ0n) is 21.5. The zero-order valence-corrected chi connectivity index (χ0v) is 21.5. The van der Waals surface area contributed by atoms with Crippen molar-refractivity contribution in [2.45, 2.75) is 93.9 Å². The van der Waals surface area contributed by atoms with Crippen LogP contribution in [0.5, 0.6) is 0 Å². The van der Waals surface area contributed by atoms with Gasteiger partial charge < -0.3 is 10.2 Å². The molecule has 184 valence electrons. The summed E-state index contributed by atoms with van der Waals surface area (Å²) in [6.07, 6.45) is 8.67. The highest BCUT2D eigenvalue weighted by atomic mass is 16.4. The molecule has 2 N–H and O–H groups in total. The van der Waals surface area contributed by atoms with Gasteiger partial charge in [-0.05, 0) is 68.8 Å². The fourth-order valence-corrected chi connectivity index (χ4v) is 4.69. The Morgan fingerprint density at radius 2 is 1.34 bits per heavy atom. The largest absolute Gasteiger partial charge is 0.481 e. The molecule has 0 saturated carbocycles. The van der Waals surface area contributed by atoms with Crippen LogP contribution in [0.2, 0.25) is 0 Å². The molecule has 0 fully saturated rings. The first-order valence-electron chi connectivity index (χ1n) is 12.2. The minimum absolute atomic E-state index is 0.0288. The molecule has 0 aliphatic rings. The van der Waals surface area contributed by atoms with Crippen LogP contribution in [0.4, 0.5) is 0 Å². The third-order valence-corrected chi connectivity index (χ3v) is 6.37. The molecule has 5 heteroatoms. The molecule has 0 radical (unpaired) electrons. The third-order valence-electron chi connectivity index (χ3n) is 6.37. The predicted octanol–water partition coefficient (Wildman–Crippen LogP) is 6.77. The second-order valence-corrected chi connectivity index (χ2v) is 10.1. The van der Waals surface area contributed by atoms with Gasteiger partial charge in [-0.1, -0.05) is 66.5 Å². The summed E-state index contributed by atoms with van der Waals surface area (Å²) in [6.45, 7) is 16.4. The number of hydrogen-bond donors (Lipinski definition) is 2. The molecule has 6 atom stereocenters. The Kier molecular flexibility index (Phi) is 14.1. The number of Topliss-reactive ketones (excluding diaryl/α,β-unsaturated/α-hetero) is 1. The van der Waals surface area contributed by atoms with Gasteiger partial charge in [0.25, 0.3) is 0 Å². The Labute approximate surface area is 195 Å². The molecule has 0 saturated heterocycles. The van der Waals surface area contributed by atoms with E-state index >= 15 is 0 Å². The van der Waals surface area contributed by atoms with Crippen molar-refractivity contribution in [3.05, 3.63) is 23.3 Å². The van der Waals surface area contributed by atoms with Crippen molar-refractivity contribution in [2.24, 2.45) is 35.5 Å². The van der Waals surface area contributed by atoms with Crippen molar-refractivity contribution < 1.29 is 24.6 Å². The van der Waals surface area contributed by atoms with E-state index in [9.17, 15) is 24.6 Å². The predicted molar refractivity (Wildman–Crippen MR) is 130 cm³/mol. The first kappa shape index (κ1) is 30.1. The van der Waals surface area contributed by atoms with E-state index in [0.29, 0.717) is 17.8 Å². The fraction of sp³-hybridized carbons (Fsp3) is 0.741. The maximum Gasteiger partial charge on any atom is 0.331 e. The van der Waals surface area contributed by atoms with Gasteiger partial charge in [0.2, 0.25) is 0 Å². The molecule has 5 nitrogen and oxygen atoms in total. The number of carbonyl (C=O) groups is 3. The Morgan fingerprint density at radius 1 is 0.812 bits per heavy atom. The summed E-state index contributed by atoms with van der Waals surface area (Å²) in [4.78, 5) is 35.4. The molecule has 0 bridgehead atoms. The molecule has 0 amide bonds. The lowest BCUT2D eigenvalue weighted by Gasteiger charge is -2.21. The van der Waals surface area contributed by atoms with E-state index in [1.54, 1.807) is 19.9 Å². The van der Waals surface area contributed by atoms with Crippen molar-refractivity contribution in [1.82, 2.24) is 0 Å². The van der Waals surface area contributed by atoms with E-state index in [2.05, 4.69) is 40.7 Å². The number of ketones is 1. The SMILES string of the molecule is CCC(C)CC(C)CC(C)CC(C)C=C(C)C=C(CC(C)C(=O)[C@@H](CC)C(=O)O)C(=O)O. The van der Waals surface area contributed by atoms with Crippen LogP contribution in [-0.2, 0) is 14.4 Å². The summed E-state index contributed by atoms with van der Waals surface area (Å²) in [7, 11) is 0. The van der Waals surface area contributed by atoms with Crippen LogP contribution in [-0.4, -0.2) is 27.9 Å². The number of aliphatic carboxylic acids is 2. The van der Waals surface area contributed by atoms with E-state index in [1.807, 2.05) is 6.92 Å². The molecule has 0 aliphatic carbocycles. The molecular formula is C27H46O5. The van der Waals surface area contributed by atoms with Crippen molar-refractivity contribution in [1.29, 1.82) is 0 Å². The van der Waals surface area contributed by atoms with Crippen molar-refractivity contribution in [2.75, 3.05) is 0 Å². The first-order valence-corrected chi connectivity index (χ1v) is 12.2. The quantitative estimate of drug-likeness (QED) is 0.154. The number of carbonyl (C=O) groups excluding carboxylic acids is 1. The summed E-state index contributed by atoms with van der Waals surface area (Å²) < 4.78 is 0. The molecular weight excluding hydrogens is 404 g/mol. The molecule has 0 aromatic rings. The van der Waals surface area contributed by atoms with Crippen LogP contribution in [0, 0.1) is 35.5 Å². The molecule has 0 rings (SSSR count). The van der Waals surface area contributed by atoms with Crippen LogP contribution >= 0.6 is 0 Å². The van der Waals surface area contributed by atoms with Gasteiger partial charge >= 0.3 is 11.9 Å². The lowest BCUT2D eigenvalue weighted by Crippen LogP contribution is -2.28. The Hall–Kier alpha value is -1.91. The van der Waals surface area contributed by atoms with E-state index < -0.39 is 29.6 Å². The van der Waals surface area contributed by atoms with Gasteiger partial charge in [0.15, 0.2) is 0 Å². The Bertz CT molecular complexity index is 676. The third kappa shape index (κ3) is 11.6. The highest BCUT2D eigenvalue weighted by Gasteiger charge is 2.29. The van der Waals surface area contributed by atoms with Crippen LogP contribution in [0.3, 0.4) is 0 Å². The molecule has 0 heterocycles. The van der Waals surface area contributed by atoms with E-state index in [4.69, 9.17) is 0 Å².